The molecule has 0 saturated carbocycles. The second-order valence-corrected chi connectivity index (χ2v) is 9.16. The van der Waals surface area contributed by atoms with Crippen LogP contribution in [0.1, 0.15) is 26.3 Å². The summed E-state index contributed by atoms with van der Waals surface area (Å²) in [6.45, 7) is 3.24. The summed E-state index contributed by atoms with van der Waals surface area (Å²) in [7, 11) is 1.08. The Kier molecular flexibility index (Phi) is 11.3. The van der Waals surface area contributed by atoms with Crippen molar-refractivity contribution < 1.29 is 62.0 Å². The van der Waals surface area contributed by atoms with Crippen LogP contribution in [0.3, 0.4) is 0 Å². The molecule has 0 unspecified atom stereocenters. The minimum atomic E-state index is -1.60. The van der Waals surface area contributed by atoms with Gasteiger partial charge in [0.2, 0.25) is 12.4 Å². The molecule has 1 aliphatic rings. The Morgan fingerprint density at radius 3 is 1.91 bits per heavy atom. The number of nitro benzene ring substituents is 1. The van der Waals surface area contributed by atoms with E-state index >= 15 is 0 Å². The summed E-state index contributed by atoms with van der Waals surface area (Å²) in [6, 6.07) is 11.5. The highest BCUT2D eigenvalue weighted by molar-refractivity contribution is 7.79. The van der Waals surface area contributed by atoms with Gasteiger partial charge in [0.25, 0.3) is 5.69 Å². The Morgan fingerprint density at radius 1 is 0.837 bits per heavy atom. The predicted molar refractivity (Wildman–Crippen MR) is 146 cm³/mol. The highest BCUT2D eigenvalue weighted by Gasteiger charge is 2.55. The number of nitro groups is 1. The molecule has 16 heteroatoms. The van der Waals surface area contributed by atoms with Crippen LogP contribution < -0.4 is 9.47 Å². The van der Waals surface area contributed by atoms with Crippen LogP contribution in [-0.2, 0) is 54.2 Å². The lowest BCUT2D eigenvalue weighted by atomic mass is 9.97. The van der Waals surface area contributed by atoms with E-state index in [2.05, 4.69) is 0 Å². The van der Waals surface area contributed by atoms with Crippen molar-refractivity contribution in [2.75, 3.05) is 7.11 Å². The number of carbonyl (C=O) groups excluding carboxylic acids is 4. The zero-order valence-corrected chi connectivity index (χ0v) is 24.1. The van der Waals surface area contributed by atoms with Gasteiger partial charge in [0.15, 0.2) is 18.3 Å². The molecule has 1 saturated heterocycles. The summed E-state index contributed by atoms with van der Waals surface area (Å²) in [6.07, 6.45) is -7.57. The van der Waals surface area contributed by atoms with E-state index in [-0.39, 0.29) is 29.0 Å². The lowest BCUT2D eigenvalue weighted by Gasteiger charge is -2.43. The minimum Gasteiger partial charge on any atom is -0.467 e. The van der Waals surface area contributed by atoms with Crippen LogP contribution >= 0.6 is 12.2 Å². The number of ether oxygens (including phenoxy) is 8. The maximum absolute atomic E-state index is 12.5. The van der Waals surface area contributed by atoms with Gasteiger partial charge in [-0.15, -0.1) is 0 Å². The molecule has 1 fully saturated rings. The van der Waals surface area contributed by atoms with Crippen molar-refractivity contribution in [1.82, 2.24) is 0 Å². The predicted octanol–water partition coefficient (Wildman–Crippen LogP) is 2.55. The van der Waals surface area contributed by atoms with Crippen molar-refractivity contribution in [3.05, 3.63) is 64.2 Å². The van der Waals surface area contributed by atoms with E-state index in [1.54, 1.807) is 12.1 Å². The number of thiocarbonyl (C=S) groups is 1. The van der Waals surface area contributed by atoms with Gasteiger partial charge in [0, 0.05) is 45.1 Å². The molecule has 0 amide bonds. The molecule has 5 atom stereocenters. The second kappa shape index (κ2) is 14.9. The maximum atomic E-state index is 12.5. The Bertz CT molecular complexity index is 1350. The Hall–Kier alpha value is -4.83. The molecule has 0 radical (unpaired) electrons. The van der Waals surface area contributed by atoms with Crippen LogP contribution in [0.4, 0.5) is 5.69 Å². The fraction of sp³-hybridized carbons (Fsp3) is 0.370. The standard InChI is InChI=1S/C27H27NO14S/c1-14(29)37-21-22(38-15(2)30)24(39-16(3)31)26(42-23(21)25(32)35-4)40-19-9-5-17(6-10-19)13-36-27(43)41-20-11-7-18(8-12-20)28(33)34/h5-12,21-24,26H,13H2,1-4H3/t21-,22-,23-,24+,26+/m0/s1. The van der Waals surface area contributed by atoms with Crippen LogP contribution in [0.5, 0.6) is 11.5 Å². The van der Waals surface area contributed by atoms with Crippen LogP contribution in [0, 0.1) is 10.1 Å². The summed E-state index contributed by atoms with van der Waals surface area (Å²) < 4.78 is 43.0. The first kappa shape index (κ1) is 32.7. The molecule has 2 aromatic rings. The number of hydrogen-bond donors (Lipinski definition) is 0. The first-order valence-electron chi connectivity index (χ1n) is 12.5. The number of carbonyl (C=O) groups is 4. The summed E-state index contributed by atoms with van der Waals surface area (Å²) in [5.74, 6) is -2.96. The highest BCUT2D eigenvalue weighted by Crippen LogP contribution is 2.31. The number of benzene rings is 2. The number of nitrogens with zero attached hydrogens (tertiary/aromatic N) is 1. The average Bonchev–Trinajstić information content (AvgIpc) is 2.94. The summed E-state index contributed by atoms with van der Waals surface area (Å²) >= 11 is 5.05. The number of rotatable bonds is 10. The smallest absolute Gasteiger partial charge is 0.358 e. The molecular formula is C27H27NO14S. The fourth-order valence-electron chi connectivity index (χ4n) is 3.88. The van der Waals surface area contributed by atoms with Crippen LogP contribution in [0.15, 0.2) is 48.5 Å². The zero-order valence-electron chi connectivity index (χ0n) is 23.3. The molecule has 15 nitrogen and oxygen atoms in total. The lowest BCUT2D eigenvalue weighted by Crippen LogP contribution is -2.64. The molecular weight excluding hydrogens is 594 g/mol. The molecule has 0 aliphatic carbocycles. The van der Waals surface area contributed by atoms with Gasteiger partial charge < -0.3 is 37.9 Å². The van der Waals surface area contributed by atoms with E-state index in [1.807, 2.05) is 0 Å². The van der Waals surface area contributed by atoms with Gasteiger partial charge in [-0.1, -0.05) is 12.1 Å². The third kappa shape index (κ3) is 9.34. The number of esters is 4. The van der Waals surface area contributed by atoms with Gasteiger partial charge in [0.1, 0.15) is 18.1 Å². The Balaban J connectivity index is 1.73. The molecule has 3 rings (SSSR count). The van der Waals surface area contributed by atoms with E-state index in [9.17, 15) is 29.3 Å². The summed E-state index contributed by atoms with van der Waals surface area (Å²) in [4.78, 5) is 58.4. The van der Waals surface area contributed by atoms with E-state index < -0.39 is 59.5 Å². The first-order chi connectivity index (χ1) is 20.4. The van der Waals surface area contributed by atoms with Crippen molar-refractivity contribution in [3.8, 4) is 11.5 Å². The fourth-order valence-corrected chi connectivity index (χ4v) is 4.03. The quantitative estimate of drug-likeness (QED) is 0.124. The monoisotopic (exact) mass is 621 g/mol. The van der Waals surface area contributed by atoms with Crippen molar-refractivity contribution in [2.45, 2.75) is 58.1 Å². The molecule has 0 bridgehead atoms. The largest absolute Gasteiger partial charge is 0.467 e. The molecule has 1 aliphatic heterocycles. The SMILES string of the molecule is COC(=O)[C@H]1O[C@@H](Oc2ccc(COC(=S)Oc3ccc([N+](=O)[O-])cc3)cc2)[C@H](OC(C)=O)[C@@H](OC(C)=O)[C@@H]1OC(C)=O. The first-order valence-corrected chi connectivity index (χ1v) is 12.9. The molecule has 2 aromatic carbocycles. The van der Waals surface area contributed by atoms with Gasteiger partial charge in [-0.3, -0.25) is 24.5 Å². The van der Waals surface area contributed by atoms with Crippen LogP contribution in [-0.4, -0.2) is 71.9 Å². The van der Waals surface area contributed by atoms with Crippen molar-refractivity contribution >= 4 is 47.0 Å². The molecule has 230 valence electrons. The normalized spacial score (nSPS) is 21.0. The molecule has 0 N–H and O–H groups in total. The van der Waals surface area contributed by atoms with Crippen molar-refractivity contribution in [3.63, 3.8) is 0 Å². The van der Waals surface area contributed by atoms with Crippen molar-refractivity contribution in [2.24, 2.45) is 0 Å². The zero-order chi connectivity index (χ0) is 31.7. The topological polar surface area (TPSA) is 185 Å². The third-order valence-electron chi connectivity index (χ3n) is 5.62. The lowest BCUT2D eigenvalue weighted by molar-refractivity contribution is -0.384. The molecule has 0 aromatic heterocycles. The molecule has 1 heterocycles. The van der Waals surface area contributed by atoms with Crippen LogP contribution in [0.25, 0.3) is 0 Å². The van der Waals surface area contributed by atoms with E-state index in [4.69, 9.17) is 50.1 Å². The Labute approximate surface area is 250 Å². The summed E-state index contributed by atoms with van der Waals surface area (Å²) in [5, 5.41) is 10.5. The maximum Gasteiger partial charge on any atom is 0.358 e. The number of non-ortho nitro benzene ring substituents is 1. The summed E-state index contributed by atoms with van der Waals surface area (Å²) in [5.41, 5.74) is 0.523. The number of hydrogen-bond acceptors (Lipinski definition) is 15. The van der Waals surface area contributed by atoms with E-state index in [1.165, 1.54) is 36.4 Å². The molecule has 0 spiro atoms. The average molecular weight is 622 g/mol. The molecule has 43 heavy (non-hydrogen) atoms. The van der Waals surface area contributed by atoms with Gasteiger partial charge in [-0.05, 0) is 29.8 Å². The third-order valence-corrected chi connectivity index (χ3v) is 5.82. The van der Waals surface area contributed by atoms with Crippen LogP contribution in [0.2, 0.25) is 0 Å². The van der Waals surface area contributed by atoms with Crippen molar-refractivity contribution in [1.29, 1.82) is 0 Å². The van der Waals surface area contributed by atoms with Gasteiger partial charge in [-0.25, -0.2) is 4.79 Å². The Morgan fingerprint density at radius 2 is 1.37 bits per heavy atom. The number of methoxy groups -OCH3 is 1. The second-order valence-electron chi connectivity index (χ2n) is 8.82. The van der Waals surface area contributed by atoms with Gasteiger partial charge >= 0.3 is 29.1 Å². The highest BCUT2D eigenvalue weighted by atomic mass is 32.1. The van der Waals surface area contributed by atoms with Gasteiger partial charge in [-0.2, -0.15) is 0 Å². The van der Waals surface area contributed by atoms with E-state index in [0.717, 1.165) is 27.9 Å². The minimum absolute atomic E-state index is 0.00883. The van der Waals surface area contributed by atoms with Gasteiger partial charge in [0.05, 0.1) is 12.0 Å². The van der Waals surface area contributed by atoms with E-state index in [0.29, 0.717) is 5.56 Å².